The van der Waals surface area contributed by atoms with E-state index in [-0.39, 0.29) is 18.9 Å². The average Bonchev–Trinajstić information content (AvgIpc) is 2.63. The fraction of sp³-hybridized carbons (Fsp3) is 0.211. The van der Waals surface area contributed by atoms with Gasteiger partial charge < -0.3 is 10.1 Å². The number of carbonyl (C=O) groups excluding carboxylic acids is 2. The van der Waals surface area contributed by atoms with Crippen molar-refractivity contribution in [3.63, 3.8) is 0 Å². The number of anilines is 1. The second kappa shape index (κ2) is 10.7. The van der Waals surface area contributed by atoms with Crippen LogP contribution in [0.3, 0.4) is 0 Å². The van der Waals surface area contributed by atoms with Gasteiger partial charge in [-0.15, -0.1) is 0 Å². The first-order valence-corrected chi connectivity index (χ1v) is 10.6. The van der Waals surface area contributed by atoms with Crippen LogP contribution < -0.4 is 15.5 Å². The number of rotatable bonds is 7. The lowest BCUT2D eigenvalue weighted by molar-refractivity contribution is -0.123. The summed E-state index contributed by atoms with van der Waals surface area (Å²) in [6.45, 7) is 3.40. The topological polar surface area (TPSA) is 79.8 Å². The summed E-state index contributed by atoms with van der Waals surface area (Å²) in [7, 11) is 0. The maximum atomic E-state index is 12.0. The Morgan fingerprint density at radius 3 is 2.39 bits per heavy atom. The lowest BCUT2D eigenvalue weighted by Gasteiger charge is -2.10. The summed E-state index contributed by atoms with van der Waals surface area (Å²) in [5.41, 5.74) is 4.54. The molecule has 9 heteroatoms. The molecule has 0 radical (unpaired) electrons. The molecule has 2 aromatic rings. The number of nitrogens with zero attached hydrogens (tertiary/aromatic N) is 1. The van der Waals surface area contributed by atoms with Gasteiger partial charge in [-0.25, -0.2) is 5.43 Å². The lowest BCUT2D eigenvalue weighted by atomic mass is 10.2. The molecule has 2 N–H and O–H groups in total. The number of nitrogens with one attached hydrogen (secondary N) is 2. The molecule has 0 aliphatic carbocycles. The summed E-state index contributed by atoms with van der Waals surface area (Å²) in [6, 6.07) is 10.9. The van der Waals surface area contributed by atoms with E-state index in [9.17, 15) is 9.59 Å². The van der Waals surface area contributed by atoms with Crippen LogP contribution in [-0.2, 0) is 9.59 Å². The van der Waals surface area contributed by atoms with Crippen molar-refractivity contribution in [1.29, 1.82) is 0 Å². The Balaban J connectivity index is 1.80. The van der Waals surface area contributed by atoms with E-state index in [0.717, 1.165) is 19.0 Å². The molecule has 0 aliphatic rings. The lowest BCUT2D eigenvalue weighted by Crippen LogP contribution is -2.26. The van der Waals surface area contributed by atoms with E-state index < -0.39 is 5.91 Å². The van der Waals surface area contributed by atoms with Crippen LogP contribution in [0.1, 0.15) is 18.9 Å². The molecule has 0 unspecified atom stereocenters. The highest BCUT2D eigenvalue weighted by Crippen LogP contribution is 2.31. The molecular weight excluding hydrogens is 558 g/mol. The first-order chi connectivity index (χ1) is 13.2. The van der Waals surface area contributed by atoms with Gasteiger partial charge in [-0.05, 0) is 71.7 Å². The third kappa shape index (κ3) is 7.37. The van der Waals surface area contributed by atoms with Crippen molar-refractivity contribution in [1.82, 2.24) is 5.43 Å². The Bertz CT molecular complexity index is 899. The Labute approximate surface area is 188 Å². The molecule has 0 aliphatic heterocycles. The van der Waals surface area contributed by atoms with Gasteiger partial charge in [0.05, 0.1) is 10.9 Å². The number of hydrazone groups is 1. The van der Waals surface area contributed by atoms with Crippen LogP contribution in [0.2, 0.25) is 0 Å². The Morgan fingerprint density at radius 2 is 1.71 bits per heavy atom. The maximum Gasteiger partial charge on any atom is 0.277 e. The van der Waals surface area contributed by atoms with Crippen LogP contribution in [0.4, 0.5) is 5.69 Å². The van der Waals surface area contributed by atoms with Crippen LogP contribution in [0.15, 0.2) is 54.9 Å². The molecule has 28 heavy (non-hydrogen) atoms. The van der Waals surface area contributed by atoms with Crippen LogP contribution in [0.25, 0.3) is 0 Å². The number of hydrogen-bond acceptors (Lipinski definition) is 4. The van der Waals surface area contributed by atoms with E-state index >= 15 is 0 Å². The molecule has 6 nitrogen and oxygen atoms in total. The molecule has 0 fully saturated rings. The van der Waals surface area contributed by atoms with E-state index in [2.05, 4.69) is 63.6 Å². The van der Waals surface area contributed by atoms with Gasteiger partial charge in [0.15, 0.2) is 6.61 Å². The van der Waals surface area contributed by atoms with Gasteiger partial charge in [-0.2, -0.15) is 5.10 Å². The molecule has 0 bridgehead atoms. The Hall–Kier alpha value is -1.71. The van der Waals surface area contributed by atoms with E-state index in [1.807, 2.05) is 31.2 Å². The minimum absolute atomic E-state index is 0.0641. The van der Waals surface area contributed by atoms with Gasteiger partial charge in [0.2, 0.25) is 5.91 Å². The normalized spacial score (nSPS) is 11.1. The highest BCUT2D eigenvalue weighted by molar-refractivity contribution is 9.11. The Morgan fingerprint density at radius 1 is 1.04 bits per heavy atom. The first-order valence-electron chi connectivity index (χ1n) is 8.20. The molecule has 0 saturated carbocycles. The number of amides is 2. The van der Waals surface area contributed by atoms with Crippen molar-refractivity contribution < 1.29 is 14.3 Å². The van der Waals surface area contributed by atoms with E-state index in [4.69, 9.17) is 4.74 Å². The van der Waals surface area contributed by atoms with Crippen molar-refractivity contribution in [2.45, 2.75) is 20.3 Å². The van der Waals surface area contributed by atoms with Crippen molar-refractivity contribution in [3.05, 3.63) is 55.4 Å². The van der Waals surface area contributed by atoms with Crippen LogP contribution >= 0.6 is 47.8 Å². The summed E-state index contributed by atoms with van der Waals surface area (Å²) in [5, 5.41) is 6.70. The van der Waals surface area contributed by atoms with Crippen molar-refractivity contribution >= 4 is 71.0 Å². The summed E-state index contributed by atoms with van der Waals surface area (Å²) in [5.74, 6) is -0.0751. The summed E-state index contributed by atoms with van der Waals surface area (Å²) >= 11 is 10.2. The molecular formula is C19H18Br3N3O3. The third-order valence-corrected chi connectivity index (χ3v) is 5.49. The summed E-state index contributed by atoms with van der Waals surface area (Å²) < 4.78 is 8.11. The number of halogens is 3. The third-order valence-electron chi connectivity index (χ3n) is 3.49. The standard InChI is InChI=1S/C19H18Br3N3O3/c1-11-7-17(16(22)9-15(11)21)28-10-19(27)25-24-12(2)8-18(26)23-14-5-3-13(20)4-6-14/h3-7,9H,8,10H2,1-2H3,(H,23,26)(H,25,27)/b24-12+. The zero-order valence-electron chi connectivity index (χ0n) is 15.2. The molecule has 0 heterocycles. The molecule has 148 valence electrons. The minimum Gasteiger partial charge on any atom is -0.483 e. The number of ether oxygens (including phenoxy) is 1. The van der Waals surface area contributed by atoms with E-state index in [1.54, 1.807) is 19.1 Å². The van der Waals surface area contributed by atoms with Crippen LogP contribution in [-0.4, -0.2) is 24.1 Å². The average molecular weight is 576 g/mol. The quantitative estimate of drug-likeness (QED) is 0.353. The van der Waals surface area contributed by atoms with Crippen LogP contribution in [0, 0.1) is 6.92 Å². The highest BCUT2D eigenvalue weighted by atomic mass is 79.9. The molecule has 0 saturated heterocycles. The smallest absolute Gasteiger partial charge is 0.277 e. The van der Waals surface area contributed by atoms with Gasteiger partial charge in [0.25, 0.3) is 5.91 Å². The number of aryl methyl sites for hydroxylation is 1. The number of hydrogen-bond donors (Lipinski definition) is 2. The minimum atomic E-state index is -0.417. The molecule has 2 amide bonds. The molecule has 2 aromatic carbocycles. The molecule has 0 spiro atoms. The molecule has 2 rings (SSSR count). The van der Waals surface area contributed by atoms with E-state index in [0.29, 0.717) is 17.1 Å². The highest BCUT2D eigenvalue weighted by Gasteiger charge is 2.09. The van der Waals surface area contributed by atoms with Crippen molar-refractivity contribution in [2.75, 3.05) is 11.9 Å². The van der Waals surface area contributed by atoms with Gasteiger partial charge in [0, 0.05) is 20.3 Å². The van der Waals surface area contributed by atoms with Crippen molar-refractivity contribution in [3.8, 4) is 5.75 Å². The van der Waals surface area contributed by atoms with Gasteiger partial charge in [-0.3, -0.25) is 9.59 Å². The van der Waals surface area contributed by atoms with Gasteiger partial charge in [-0.1, -0.05) is 31.9 Å². The van der Waals surface area contributed by atoms with E-state index in [1.165, 1.54) is 0 Å². The number of carbonyl (C=O) groups is 2. The first kappa shape index (κ1) is 22.6. The predicted octanol–water partition coefficient (Wildman–Crippen LogP) is 5.18. The molecule has 0 aromatic heterocycles. The van der Waals surface area contributed by atoms with Crippen LogP contribution in [0.5, 0.6) is 5.75 Å². The fourth-order valence-electron chi connectivity index (χ4n) is 2.09. The maximum absolute atomic E-state index is 12.0. The second-order valence-corrected chi connectivity index (χ2v) is 8.56. The Kier molecular flexibility index (Phi) is 8.65. The summed E-state index contributed by atoms with van der Waals surface area (Å²) in [4.78, 5) is 23.9. The van der Waals surface area contributed by atoms with Gasteiger partial charge >= 0.3 is 0 Å². The fourth-order valence-corrected chi connectivity index (χ4v) is 3.46. The SMILES string of the molecule is C/C(CC(=O)Nc1ccc(Br)cc1)=N\NC(=O)COc1cc(C)c(Br)cc1Br. The molecule has 0 atom stereocenters. The monoisotopic (exact) mass is 573 g/mol. The zero-order valence-corrected chi connectivity index (χ0v) is 19.9. The summed E-state index contributed by atoms with van der Waals surface area (Å²) in [6.07, 6.45) is 0.0641. The second-order valence-electron chi connectivity index (χ2n) is 5.93. The number of benzene rings is 2. The zero-order chi connectivity index (χ0) is 20.7. The van der Waals surface area contributed by atoms with Gasteiger partial charge in [0.1, 0.15) is 5.75 Å². The predicted molar refractivity (Wildman–Crippen MR) is 121 cm³/mol. The van der Waals surface area contributed by atoms with Crippen molar-refractivity contribution in [2.24, 2.45) is 5.10 Å². The largest absolute Gasteiger partial charge is 0.483 e.